The Hall–Kier alpha value is -2.20. The maximum absolute atomic E-state index is 12.0. The molecule has 1 aliphatic heterocycles. The van der Waals surface area contributed by atoms with Crippen LogP contribution >= 0.6 is 0 Å². The van der Waals surface area contributed by atoms with Gasteiger partial charge in [-0.2, -0.15) is 0 Å². The molecule has 1 fully saturated rings. The van der Waals surface area contributed by atoms with Crippen molar-refractivity contribution >= 4 is 11.6 Å². The highest BCUT2D eigenvalue weighted by atomic mass is 16.5. The van der Waals surface area contributed by atoms with Crippen LogP contribution in [0.4, 0.5) is 0 Å². The van der Waals surface area contributed by atoms with Gasteiger partial charge in [-0.25, -0.2) is 0 Å². The van der Waals surface area contributed by atoms with Crippen LogP contribution in [0.3, 0.4) is 0 Å². The van der Waals surface area contributed by atoms with Gasteiger partial charge in [0.25, 0.3) is 0 Å². The predicted molar refractivity (Wildman–Crippen MR) is 76.0 cm³/mol. The number of benzene rings is 1. The first-order valence-corrected chi connectivity index (χ1v) is 7.01. The molecule has 2 aromatic rings. The van der Waals surface area contributed by atoms with Crippen LogP contribution in [0.25, 0.3) is 0 Å². The van der Waals surface area contributed by atoms with Crippen molar-refractivity contribution in [3.05, 3.63) is 60.1 Å². The minimum atomic E-state index is -0.381. The van der Waals surface area contributed by atoms with E-state index in [1.165, 1.54) is 6.26 Å². The Morgan fingerprint density at radius 1 is 1.10 bits per heavy atom. The van der Waals surface area contributed by atoms with Crippen LogP contribution < -0.4 is 0 Å². The Morgan fingerprint density at radius 3 is 2.62 bits per heavy atom. The van der Waals surface area contributed by atoms with E-state index in [-0.39, 0.29) is 36.6 Å². The van der Waals surface area contributed by atoms with Gasteiger partial charge in [-0.1, -0.05) is 30.3 Å². The molecule has 1 aliphatic rings. The minimum absolute atomic E-state index is 0.132. The van der Waals surface area contributed by atoms with E-state index in [4.69, 9.17) is 9.15 Å². The third kappa shape index (κ3) is 3.28. The summed E-state index contributed by atoms with van der Waals surface area (Å²) in [6.07, 6.45) is 1.65. The fourth-order valence-electron chi connectivity index (χ4n) is 2.60. The molecule has 3 rings (SSSR count). The van der Waals surface area contributed by atoms with Crippen LogP contribution in [0, 0.1) is 0 Å². The van der Waals surface area contributed by atoms with Gasteiger partial charge < -0.3 is 9.15 Å². The average Bonchev–Trinajstić information content (AvgIpc) is 3.02. The highest BCUT2D eigenvalue weighted by Crippen LogP contribution is 2.31. The molecular formula is C17H16O4. The summed E-state index contributed by atoms with van der Waals surface area (Å²) >= 11 is 0. The summed E-state index contributed by atoms with van der Waals surface area (Å²) in [5.74, 6) is 0.312. The third-order valence-corrected chi connectivity index (χ3v) is 3.61. The number of ketones is 2. The molecule has 21 heavy (non-hydrogen) atoms. The van der Waals surface area contributed by atoms with Gasteiger partial charge in [0.1, 0.15) is 5.78 Å². The summed E-state index contributed by atoms with van der Waals surface area (Å²) in [4.78, 5) is 23.9. The molecule has 0 spiro atoms. The van der Waals surface area contributed by atoms with Crippen molar-refractivity contribution < 1.29 is 18.7 Å². The quantitative estimate of drug-likeness (QED) is 0.808. The van der Waals surface area contributed by atoms with Gasteiger partial charge >= 0.3 is 0 Å². The largest absolute Gasteiger partial charge is 0.461 e. The van der Waals surface area contributed by atoms with E-state index in [9.17, 15) is 9.59 Å². The smallest absolute Gasteiger partial charge is 0.200 e. The molecule has 1 aromatic carbocycles. The summed E-state index contributed by atoms with van der Waals surface area (Å²) in [7, 11) is 0. The first-order chi connectivity index (χ1) is 10.2. The molecule has 2 heterocycles. The highest BCUT2D eigenvalue weighted by Gasteiger charge is 2.30. The number of carbonyl (C=O) groups excluding carboxylic acids is 2. The van der Waals surface area contributed by atoms with Gasteiger partial charge in [0, 0.05) is 19.3 Å². The molecule has 2 atom stereocenters. The number of Topliss-reactive ketones (excluding diaryl/α,β-unsaturated/α-hetero) is 2. The van der Waals surface area contributed by atoms with Crippen molar-refractivity contribution in [1.82, 2.24) is 0 Å². The second-order valence-electron chi connectivity index (χ2n) is 5.21. The average molecular weight is 284 g/mol. The lowest BCUT2D eigenvalue weighted by atomic mass is 9.95. The van der Waals surface area contributed by atoms with Crippen molar-refractivity contribution in [3.8, 4) is 0 Å². The van der Waals surface area contributed by atoms with E-state index in [0.29, 0.717) is 12.2 Å². The second kappa shape index (κ2) is 6.06. The molecule has 0 saturated carbocycles. The topological polar surface area (TPSA) is 56.5 Å². The van der Waals surface area contributed by atoms with Crippen LogP contribution in [0.2, 0.25) is 0 Å². The van der Waals surface area contributed by atoms with Crippen LogP contribution in [-0.4, -0.2) is 17.7 Å². The third-order valence-electron chi connectivity index (χ3n) is 3.61. The molecule has 0 aliphatic carbocycles. The molecule has 4 heteroatoms. The van der Waals surface area contributed by atoms with Crippen molar-refractivity contribution in [1.29, 1.82) is 0 Å². The lowest BCUT2D eigenvalue weighted by Crippen LogP contribution is -2.30. The molecule has 0 amide bonds. The number of carbonyl (C=O) groups is 2. The van der Waals surface area contributed by atoms with Crippen molar-refractivity contribution in [3.63, 3.8) is 0 Å². The Labute approximate surface area is 122 Å². The highest BCUT2D eigenvalue weighted by molar-refractivity contribution is 5.94. The van der Waals surface area contributed by atoms with E-state index >= 15 is 0 Å². The number of rotatable bonds is 4. The van der Waals surface area contributed by atoms with E-state index in [2.05, 4.69) is 0 Å². The van der Waals surface area contributed by atoms with Crippen LogP contribution in [0.15, 0.2) is 53.1 Å². The number of hydrogen-bond donors (Lipinski definition) is 0. The Bertz CT molecular complexity index is 616. The van der Waals surface area contributed by atoms with Gasteiger partial charge in [0.05, 0.1) is 18.5 Å². The van der Waals surface area contributed by atoms with E-state index < -0.39 is 0 Å². The summed E-state index contributed by atoms with van der Waals surface area (Å²) in [5, 5.41) is 0. The van der Waals surface area contributed by atoms with E-state index in [0.717, 1.165) is 5.56 Å². The Kier molecular flexibility index (Phi) is 3.97. The molecule has 0 radical (unpaired) electrons. The van der Waals surface area contributed by atoms with Crippen molar-refractivity contribution in [2.45, 2.75) is 31.5 Å². The Balaban J connectivity index is 1.69. The number of furan rings is 1. The van der Waals surface area contributed by atoms with Gasteiger partial charge in [-0.05, 0) is 17.7 Å². The second-order valence-corrected chi connectivity index (χ2v) is 5.21. The van der Waals surface area contributed by atoms with Gasteiger partial charge in [0.15, 0.2) is 5.76 Å². The monoisotopic (exact) mass is 284 g/mol. The molecule has 0 bridgehead atoms. The molecule has 1 aromatic heterocycles. The van der Waals surface area contributed by atoms with Crippen LogP contribution in [0.5, 0.6) is 0 Å². The first-order valence-electron chi connectivity index (χ1n) is 7.01. The maximum atomic E-state index is 12.0. The standard InChI is InChI=1S/C17H16O4/c18-13-9-14(11-15(19)16-7-4-8-20-16)21-17(10-13)12-5-2-1-3-6-12/h1-8,14,17H,9-11H2/t14-,17-/m1/s1. The molecule has 0 N–H and O–H groups in total. The zero-order valence-electron chi connectivity index (χ0n) is 11.5. The van der Waals surface area contributed by atoms with Gasteiger partial charge in [-0.3, -0.25) is 9.59 Å². The fraction of sp³-hybridized carbons (Fsp3) is 0.294. The molecule has 108 valence electrons. The van der Waals surface area contributed by atoms with Gasteiger partial charge in [-0.15, -0.1) is 0 Å². The van der Waals surface area contributed by atoms with Crippen LogP contribution in [0.1, 0.15) is 41.5 Å². The summed E-state index contributed by atoms with van der Waals surface area (Å²) in [6.45, 7) is 0. The van der Waals surface area contributed by atoms with Gasteiger partial charge in [0.2, 0.25) is 5.78 Å². The number of hydrogen-bond acceptors (Lipinski definition) is 4. The zero-order chi connectivity index (χ0) is 14.7. The lowest BCUT2D eigenvalue weighted by molar-refractivity contribution is -0.135. The molecule has 4 nitrogen and oxygen atoms in total. The normalized spacial score (nSPS) is 22.2. The first kappa shape index (κ1) is 13.8. The maximum Gasteiger partial charge on any atom is 0.200 e. The minimum Gasteiger partial charge on any atom is -0.461 e. The summed E-state index contributed by atoms with van der Waals surface area (Å²) in [6, 6.07) is 12.9. The van der Waals surface area contributed by atoms with Crippen molar-refractivity contribution in [2.75, 3.05) is 0 Å². The van der Waals surface area contributed by atoms with E-state index in [1.54, 1.807) is 12.1 Å². The number of ether oxygens (including phenoxy) is 1. The SMILES string of the molecule is O=C1C[C@H](CC(=O)c2ccco2)O[C@@H](c2ccccc2)C1. The lowest BCUT2D eigenvalue weighted by Gasteiger charge is -2.29. The van der Waals surface area contributed by atoms with Crippen molar-refractivity contribution in [2.24, 2.45) is 0 Å². The zero-order valence-corrected chi connectivity index (χ0v) is 11.5. The fourth-order valence-corrected chi connectivity index (χ4v) is 2.60. The molecule has 0 unspecified atom stereocenters. The van der Waals surface area contributed by atoms with E-state index in [1.807, 2.05) is 30.3 Å². The molecular weight excluding hydrogens is 268 g/mol. The Morgan fingerprint density at radius 2 is 1.90 bits per heavy atom. The predicted octanol–water partition coefficient (Wildman–Crippen LogP) is 3.34. The summed E-state index contributed by atoms with van der Waals surface area (Å²) in [5.41, 5.74) is 0.973. The molecule has 1 saturated heterocycles. The summed E-state index contributed by atoms with van der Waals surface area (Å²) < 4.78 is 11.0. The van der Waals surface area contributed by atoms with Crippen LogP contribution in [-0.2, 0) is 9.53 Å².